The van der Waals surface area contributed by atoms with Gasteiger partial charge in [0.2, 0.25) is 0 Å². The Labute approximate surface area is 280 Å². The molecule has 0 spiro atoms. The van der Waals surface area contributed by atoms with Gasteiger partial charge in [-0.25, -0.2) is 22.0 Å². The topological polar surface area (TPSA) is 91.3 Å². The first-order valence-electron chi connectivity index (χ1n) is 15.9. The van der Waals surface area contributed by atoms with E-state index in [9.17, 15) is 36.0 Å². The molecule has 3 aliphatic heterocycles. The van der Waals surface area contributed by atoms with Crippen LogP contribution in [0.1, 0.15) is 57.1 Å². The van der Waals surface area contributed by atoms with Crippen LogP contribution >= 0.6 is 11.3 Å². The van der Waals surface area contributed by atoms with Crippen molar-refractivity contribution in [1.82, 2.24) is 14.9 Å². The Bertz CT molecular complexity index is 1950. The summed E-state index contributed by atoms with van der Waals surface area (Å²) in [4.78, 5) is 11.8. The van der Waals surface area contributed by atoms with Gasteiger partial charge in [0.25, 0.3) is 5.92 Å². The van der Waals surface area contributed by atoms with Crippen LogP contribution in [-0.4, -0.2) is 65.3 Å². The highest BCUT2D eigenvalue weighted by Crippen LogP contribution is 2.48. The van der Waals surface area contributed by atoms with E-state index in [2.05, 4.69) is 9.97 Å². The molecule has 7 nitrogen and oxygen atoms in total. The van der Waals surface area contributed by atoms with Crippen molar-refractivity contribution in [3.63, 3.8) is 0 Å². The van der Waals surface area contributed by atoms with Gasteiger partial charge in [-0.05, 0) is 37.1 Å². The molecule has 5 heterocycles. The van der Waals surface area contributed by atoms with Gasteiger partial charge in [0.05, 0.1) is 21.4 Å². The summed E-state index contributed by atoms with van der Waals surface area (Å²) in [5.74, 6) is -5.55. The maximum Gasteiger partial charge on any atom is 0.417 e. The number of benzene rings is 2. The van der Waals surface area contributed by atoms with Crippen molar-refractivity contribution < 1.29 is 39.9 Å². The summed E-state index contributed by atoms with van der Waals surface area (Å²) >= 11 is 0.643. The zero-order chi connectivity index (χ0) is 35.5. The largest absolute Gasteiger partial charge is 0.461 e. The Morgan fingerprint density at radius 1 is 1.10 bits per heavy atom. The van der Waals surface area contributed by atoms with E-state index in [-0.39, 0.29) is 59.1 Å². The summed E-state index contributed by atoms with van der Waals surface area (Å²) in [7, 11) is 0. The second-order valence-corrected chi connectivity index (χ2v) is 13.3. The highest BCUT2D eigenvalue weighted by atomic mass is 32.1. The first-order valence-corrected chi connectivity index (χ1v) is 16.7. The van der Waals surface area contributed by atoms with Crippen LogP contribution in [0.5, 0.6) is 6.01 Å². The van der Waals surface area contributed by atoms with Gasteiger partial charge in [0.1, 0.15) is 41.0 Å². The molecule has 4 aromatic rings. The molecule has 16 heteroatoms. The molecule has 3 aliphatic rings. The number of ether oxygens (including phenoxy) is 1. The lowest BCUT2D eigenvalue weighted by atomic mass is 9.92. The molecule has 49 heavy (non-hydrogen) atoms. The number of rotatable bonds is 5. The van der Waals surface area contributed by atoms with Gasteiger partial charge in [-0.3, -0.25) is 4.90 Å². The Kier molecular flexibility index (Phi) is 9.06. The number of fused-ring (bicyclic) bond motifs is 3. The minimum absolute atomic E-state index is 0.0795. The molecule has 3 saturated heterocycles. The van der Waals surface area contributed by atoms with Crippen molar-refractivity contribution in [2.45, 2.75) is 69.8 Å². The number of alkyl halides is 6. The maximum atomic E-state index is 16.8. The van der Waals surface area contributed by atoms with Gasteiger partial charge < -0.3 is 15.4 Å². The van der Waals surface area contributed by atoms with Crippen molar-refractivity contribution >= 4 is 43.1 Å². The summed E-state index contributed by atoms with van der Waals surface area (Å²) in [5.41, 5.74) is 1.43. The first kappa shape index (κ1) is 34.9. The number of halogens is 8. The van der Waals surface area contributed by atoms with Crippen LogP contribution in [0.4, 0.5) is 45.9 Å². The molecular weight excluding hydrogens is 680 g/mol. The van der Waals surface area contributed by atoms with E-state index >= 15 is 4.39 Å². The summed E-state index contributed by atoms with van der Waals surface area (Å²) in [6.07, 6.45) is -5.87. The molecule has 2 N–H and O–H groups in total. The van der Waals surface area contributed by atoms with Crippen LogP contribution in [0, 0.1) is 23.0 Å². The van der Waals surface area contributed by atoms with Gasteiger partial charge >= 0.3 is 12.2 Å². The van der Waals surface area contributed by atoms with Gasteiger partial charge in [-0.2, -0.15) is 28.4 Å². The number of piperidine rings is 1. The highest BCUT2D eigenvalue weighted by Gasteiger charge is 2.49. The fourth-order valence-corrected chi connectivity index (χ4v) is 8.13. The van der Waals surface area contributed by atoms with Crippen molar-refractivity contribution in [3.8, 4) is 23.2 Å². The number of nitrogen functional groups attached to an aromatic ring is 1. The third-order valence-corrected chi connectivity index (χ3v) is 10.4. The first-order chi connectivity index (χ1) is 23.2. The molecular formula is C33H32F8N6OS. The van der Waals surface area contributed by atoms with Crippen LogP contribution in [0.2, 0.25) is 0 Å². The summed E-state index contributed by atoms with van der Waals surface area (Å²) < 4.78 is 124. The van der Waals surface area contributed by atoms with E-state index in [0.717, 1.165) is 18.6 Å². The maximum absolute atomic E-state index is 16.8. The number of thiophene rings is 1. The van der Waals surface area contributed by atoms with Crippen molar-refractivity contribution in [1.29, 1.82) is 5.26 Å². The number of nitrogens with zero attached hydrogens (tertiary/aromatic N) is 5. The van der Waals surface area contributed by atoms with Gasteiger partial charge in [-0.15, -0.1) is 11.3 Å². The predicted octanol–water partition coefficient (Wildman–Crippen LogP) is 8.48. The second kappa shape index (κ2) is 12.7. The van der Waals surface area contributed by atoms with Crippen LogP contribution in [0.25, 0.3) is 32.1 Å². The number of nitriles is 1. The molecule has 7 rings (SSSR count). The molecule has 0 saturated carbocycles. The molecule has 2 unspecified atom stereocenters. The minimum atomic E-state index is -5.17. The molecule has 0 aliphatic carbocycles. The third kappa shape index (κ3) is 6.09. The Morgan fingerprint density at radius 3 is 2.49 bits per heavy atom. The van der Waals surface area contributed by atoms with Crippen molar-refractivity contribution in [2.24, 2.45) is 0 Å². The number of nitrogens with two attached hydrogens (primary N) is 1. The number of hydrogen-bond donors (Lipinski definition) is 1. The van der Waals surface area contributed by atoms with Gasteiger partial charge in [0.15, 0.2) is 5.82 Å². The SMILES string of the molecule is CC.N#Cc1c(N)sc2c(F)ccc(-c3c(C(F)(F)F)cc4c(N5CCC(F)(F)CC5)nc(OCC56CCCN5CC(F)C6)nc4c3F)c12. The predicted molar refractivity (Wildman–Crippen MR) is 171 cm³/mol. The fourth-order valence-electron chi connectivity index (χ4n) is 7.19. The molecule has 2 aromatic carbocycles. The fraction of sp³-hybridized carbons (Fsp3) is 0.485. The lowest BCUT2D eigenvalue weighted by Gasteiger charge is -2.34. The van der Waals surface area contributed by atoms with Crippen molar-refractivity contribution in [2.75, 3.05) is 43.4 Å². The Morgan fingerprint density at radius 2 is 1.82 bits per heavy atom. The molecule has 0 bridgehead atoms. The highest BCUT2D eigenvalue weighted by molar-refractivity contribution is 7.23. The standard InChI is InChI=1S/C31H26F8N6OS.C2H6/c32-15-11-29(4-1-7-45(29)13-15)14-46-28-42-24-17(27(43-28)44-8-5-30(35,36)6-9-44)10-19(31(37,38)39)22(23(24)34)16-2-3-20(33)25-21(16)18(12-40)26(41)47-25;1-2/h2-3,10,15H,1,4-9,11,13-14,41H2;1-2H3. The number of hydrogen-bond acceptors (Lipinski definition) is 8. The number of aromatic nitrogens is 2. The van der Waals surface area contributed by atoms with E-state index in [0.29, 0.717) is 30.4 Å². The van der Waals surface area contributed by atoms with Crippen molar-refractivity contribution in [3.05, 3.63) is 41.0 Å². The summed E-state index contributed by atoms with van der Waals surface area (Å²) in [6.45, 7) is 4.21. The van der Waals surface area contributed by atoms with Gasteiger partial charge in [0, 0.05) is 55.2 Å². The average molecular weight is 713 g/mol. The molecule has 2 aromatic heterocycles. The smallest absolute Gasteiger partial charge is 0.417 e. The van der Waals surface area contributed by atoms with E-state index < -0.39 is 81.9 Å². The normalized spacial score (nSPS) is 22.2. The molecule has 0 amide bonds. The summed E-state index contributed by atoms with van der Waals surface area (Å²) in [6, 6.07) is 3.80. The monoisotopic (exact) mass is 712 g/mol. The number of anilines is 2. The molecule has 0 radical (unpaired) electrons. The van der Waals surface area contributed by atoms with E-state index in [1.165, 1.54) is 4.90 Å². The van der Waals surface area contributed by atoms with E-state index in [4.69, 9.17) is 10.5 Å². The third-order valence-electron chi connectivity index (χ3n) is 9.42. The zero-order valence-electron chi connectivity index (χ0n) is 26.5. The average Bonchev–Trinajstić information content (AvgIpc) is 3.70. The van der Waals surface area contributed by atoms with Crippen LogP contribution < -0.4 is 15.4 Å². The quantitative estimate of drug-likeness (QED) is 0.208. The summed E-state index contributed by atoms with van der Waals surface area (Å²) in [5, 5.41) is 8.89. The Balaban J connectivity index is 0.00000205. The van der Waals surface area contributed by atoms with E-state index in [1.54, 1.807) is 6.07 Å². The zero-order valence-corrected chi connectivity index (χ0v) is 27.4. The van der Waals surface area contributed by atoms with Gasteiger partial charge in [-0.1, -0.05) is 19.9 Å². The van der Waals surface area contributed by atoms with Crippen LogP contribution in [0.3, 0.4) is 0 Å². The molecule has 2 atom stereocenters. The van der Waals surface area contributed by atoms with E-state index in [1.807, 2.05) is 18.7 Å². The molecule has 3 fully saturated rings. The Hall–Kier alpha value is -3.97. The minimum Gasteiger partial charge on any atom is -0.461 e. The second-order valence-electron chi connectivity index (χ2n) is 12.3. The van der Waals surface area contributed by atoms with Crippen LogP contribution in [-0.2, 0) is 6.18 Å². The van der Waals surface area contributed by atoms with Crippen LogP contribution in [0.15, 0.2) is 18.2 Å². The molecule has 262 valence electrons. The lowest BCUT2D eigenvalue weighted by molar-refractivity contribution is -0.137. The lowest BCUT2D eigenvalue weighted by Crippen LogP contribution is -2.43.